The van der Waals surface area contributed by atoms with Gasteiger partial charge in [-0.3, -0.25) is 4.79 Å². The van der Waals surface area contributed by atoms with Crippen LogP contribution in [0.2, 0.25) is 0 Å². The van der Waals surface area contributed by atoms with Crippen molar-refractivity contribution in [1.82, 2.24) is 14.9 Å². The van der Waals surface area contributed by atoms with Crippen LogP contribution in [0.3, 0.4) is 0 Å². The fourth-order valence-corrected chi connectivity index (χ4v) is 3.27. The number of sulfonamides is 1. The van der Waals surface area contributed by atoms with Crippen LogP contribution in [0, 0.1) is 5.92 Å². The Bertz CT molecular complexity index is 605. The van der Waals surface area contributed by atoms with Crippen LogP contribution in [0.4, 0.5) is 0 Å². The molecule has 1 aliphatic heterocycles. The van der Waals surface area contributed by atoms with Gasteiger partial charge in [-0.05, 0) is 24.3 Å². The van der Waals surface area contributed by atoms with Crippen molar-refractivity contribution in [3.63, 3.8) is 0 Å². The zero-order chi connectivity index (χ0) is 15.5. The van der Waals surface area contributed by atoms with Gasteiger partial charge in [0.1, 0.15) is 0 Å². The molecule has 2 N–H and O–H groups in total. The Morgan fingerprint density at radius 1 is 1.36 bits per heavy atom. The lowest BCUT2D eigenvalue weighted by Crippen LogP contribution is -2.49. The Hall–Kier alpha value is -0.670. The fraction of sp³-hybridized carbons (Fsp3) is 0.462. The first-order valence-corrected chi connectivity index (χ1v) is 8.82. The number of carbonyl (C=O) groups is 1. The minimum Gasteiger partial charge on any atom is -0.355 e. The number of hydrogen-bond donors (Lipinski definition) is 2. The Balaban J connectivity index is 0.00000242. The van der Waals surface area contributed by atoms with E-state index in [4.69, 9.17) is 0 Å². The van der Waals surface area contributed by atoms with Crippen LogP contribution in [0.15, 0.2) is 33.6 Å². The van der Waals surface area contributed by atoms with Crippen LogP contribution < -0.4 is 10.6 Å². The van der Waals surface area contributed by atoms with E-state index in [1.54, 1.807) is 12.1 Å². The number of carbonyl (C=O) groups excluding carboxylic acids is 1. The minimum atomic E-state index is -3.64. The van der Waals surface area contributed by atoms with E-state index in [1.807, 2.05) is 0 Å². The molecule has 6 nitrogen and oxygen atoms in total. The molecular formula is C13H19BrClN3O3S. The molecule has 9 heteroatoms. The molecule has 124 valence electrons. The van der Waals surface area contributed by atoms with Crippen LogP contribution >= 0.6 is 28.3 Å². The molecule has 1 heterocycles. The van der Waals surface area contributed by atoms with E-state index < -0.39 is 10.0 Å². The summed E-state index contributed by atoms with van der Waals surface area (Å²) in [5.74, 6) is 0.160. The summed E-state index contributed by atoms with van der Waals surface area (Å²) in [4.78, 5) is 12.0. The lowest BCUT2D eigenvalue weighted by atomic mass is 10.0. The number of nitrogens with zero attached hydrogens (tertiary/aromatic N) is 1. The average Bonchev–Trinajstić information content (AvgIpc) is 2.37. The normalized spacial score (nSPS) is 15.0. The van der Waals surface area contributed by atoms with E-state index in [1.165, 1.54) is 19.2 Å². The third kappa shape index (κ3) is 4.92. The first kappa shape index (κ1) is 19.4. The maximum atomic E-state index is 12.3. The third-order valence-corrected chi connectivity index (χ3v) is 5.69. The summed E-state index contributed by atoms with van der Waals surface area (Å²) in [5.41, 5.74) is 0. The molecular weight excluding hydrogens is 394 g/mol. The van der Waals surface area contributed by atoms with Crippen molar-refractivity contribution in [2.45, 2.75) is 4.90 Å². The number of nitrogens with one attached hydrogen (secondary N) is 2. The average molecular weight is 413 g/mol. The van der Waals surface area contributed by atoms with E-state index in [0.717, 1.165) is 21.9 Å². The molecule has 22 heavy (non-hydrogen) atoms. The van der Waals surface area contributed by atoms with Gasteiger partial charge in [0.25, 0.3) is 0 Å². The predicted molar refractivity (Wildman–Crippen MR) is 90.6 cm³/mol. The summed E-state index contributed by atoms with van der Waals surface area (Å²) in [5, 5.41) is 5.87. The smallest absolute Gasteiger partial charge is 0.243 e. The summed E-state index contributed by atoms with van der Waals surface area (Å²) in [6, 6.07) is 6.33. The standard InChI is InChI=1S/C13H18BrN3O3S.ClH/c1-17(9-13(18)16-8-10-6-15-7-10)21(19,20)12-4-2-11(14)3-5-12;/h2-5,10,15H,6-9H2,1H3,(H,16,18);1H. The van der Waals surface area contributed by atoms with E-state index in [2.05, 4.69) is 26.6 Å². The van der Waals surface area contributed by atoms with Gasteiger partial charge in [0.2, 0.25) is 15.9 Å². The summed E-state index contributed by atoms with van der Waals surface area (Å²) in [7, 11) is -2.24. The summed E-state index contributed by atoms with van der Waals surface area (Å²) < 4.78 is 26.5. The summed E-state index contributed by atoms with van der Waals surface area (Å²) in [6.45, 7) is 2.19. The molecule has 0 unspecified atom stereocenters. The molecule has 1 amide bonds. The van der Waals surface area contributed by atoms with Crippen LogP contribution in [-0.2, 0) is 14.8 Å². The quantitative estimate of drug-likeness (QED) is 0.725. The molecule has 1 aromatic rings. The van der Waals surface area contributed by atoms with Crippen molar-refractivity contribution in [2.75, 3.05) is 33.2 Å². The Morgan fingerprint density at radius 3 is 2.45 bits per heavy atom. The number of halogens is 2. The van der Waals surface area contributed by atoms with E-state index >= 15 is 0 Å². The van der Waals surface area contributed by atoms with Gasteiger partial charge in [0, 0.05) is 37.1 Å². The third-order valence-electron chi connectivity index (χ3n) is 3.34. The molecule has 0 saturated carbocycles. The number of rotatable bonds is 6. The molecule has 2 rings (SSSR count). The first-order valence-electron chi connectivity index (χ1n) is 6.59. The Kier molecular flexibility index (Phi) is 7.27. The second kappa shape index (κ2) is 8.26. The van der Waals surface area contributed by atoms with Gasteiger partial charge in [0.15, 0.2) is 0 Å². The molecule has 0 atom stereocenters. The Labute approximate surface area is 145 Å². The lowest BCUT2D eigenvalue weighted by Gasteiger charge is -2.27. The maximum absolute atomic E-state index is 12.3. The summed E-state index contributed by atoms with van der Waals surface area (Å²) >= 11 is 3.26. The van der Waals surface area contributed by atoms with Gasteiger partial charge in [0.05, 0.1) is 11.4 Å². The van der Waals surface area contributed by atoms with Crippen LogP contribution in [0.5, 0.6) is 0 Å². The van der Waals surface area contributed by atoms with Gasteiger partial charge in [-0.1, -0.05) is 15.9 Å². The van der Waals surface area contributed by atoms with Crippen molar-refractivity contribution >= 4 is 44.3 Å². The number of likely N-dealkylation sites (N-methyl/N-ethyl adjacent to an activating group) is 1. The molecule has 0 spiro atoms. The molecule has 1 saturated heterocycles. The highest BCUT2D eigenvalue weighted by Crippen LogP contribution is 2.17. The monoisotopic (exact) mass is 411 g/mol. The Morgan fingerprint density at radius 2 is 1.95 bits per heavy atom. The summed E-state index contributed by atoms with van der Waals surface area (Å²) in [6.07, 6.45) is 0. The van der Waals surface area contributed by atoms with Crippen LogP contribution in [0.1, 0.15) is 0 Å². The molecule has 1 aliphatic rings. The van der Waals surface area contributed by atoms with Crippen molar-refractivity contribution in [2.24, 2.45) is 5.92 Å². The van der Waals surface area contributed by atoms with Gasteiger partial charge in [-0.2, -0.15) is 4.31 Å². The molecule has 0 aromatic heterocycles. The second-order valence-electron chi connectivity index (χ2n) is 5.04. The predicted octanol–water partition coefficient (Wildman–Crippen LogP) is 0.827. The van der Waals surface area contributed by atoms with Crippen molar-refractivity contribution in [3.05, 3.63) is 28.7 Å². The van der Waals surface area contributed by atoms with Crippen molar-refractivity contribution in [3.8, 4) is 0 Å². The molecule has 0 aliphatic carbocycles. The lowest BCUT2D eigenvalue weighted by molar-refractivity contribution is -0.121. The zero-order valence-corrected chi connectivity index (χ0v) is 15.3. The SMILES string of the molecule is CN(CC(=O)NCC1CNC1)S(=O)(=O)c1ccc(Br)cc1.Cl. The van der Waals surface area contributed by atoms with Gasteiger partial charge in [-0.25, -0.2) is 8.42 Å². The maximum Gasteiger partial charge on any atom is 0.243 e. The van der Waals surface area contributed by atoms with Crippen molar-refractivity contribution < 1.29 is 13.2 Å². The number of hydrogen-bond acceptors (Lipinski definition) is 4. The largest absolute Gasteiger partial charge is 0.355 e. The minimum absolute atomic E-state index is 0. The van der Waals surface area contributed by atoms with Gasteiger partial charge in [-0.15, -0.1) is 12.4 Å². The van der Waals surface area contributed by atoms with E-state index in [9.17, 15) is 13.2 Å². The van der Waals surface area contributed by atoms with Crippen molar-refractivity contribution in [1.29, 1.82) is 0 Å². The van der Waals surface area contributed by atoms with Crippen LogP contribution in [-0.4, -0.2) is 51.9 Å². The van der Waals surface area contributed by atoms with Gasteiger partial charge >= 0.3 is 0 Å². The molecule has 0 bridgehead atoms. The number of benzene rings is 1. The zero-order valence-electron chi connectivity index (χ0n) is 12.1. The molecule has 1 aromatic carbocycles. The topological polar surface area (TPSA) is 78.5 Å². The van der Waals surface area contributed by atoms with E-state index in [-0.39, 0.29) is 29.8 Å². The molecule has 0 radical (unpaired) electrons. The highest BCUT2D eigenvalue weighted by atomic mass is 79.9. The second-order valence-corrected chi connectivity index (χ2v) is 8.00. The van der Waals surface area contributed by atoms with Crippen LogP contribution in [0.25, 0.3) is 0 Å². The first-order chi connectivity index (χ1) is 9.89. The van der Waals surface area contributed by atoms with Gasteiger partial charge < -0.3 is 10.6 Å². The highest BCUT2D eigenvalue weighted by Gasteiger charge is 2.23. The highest BCUT2D eigenvalue weighted by molar-refractivity contribution is 9.10. The fourth-order valence-electron chi connectivity index (χ4n) is 1.88. The number of amides is 1. The molecule has 1 fully saturated rings. The van der Waals surface area contributed by atoms with E-state index in [0.29, 0.717) is 12.5 Å².